The highest BCUT2D eigenvalue weighted by Crippen LogP contribution is 2.34. The van der Waals surface area contributed by atoms with Crippen molar-refractivity contribution < 1.29 is 14.3 Å². The molecule has 1 aliphatic heterocycles. The molecular formula is C20H22N4O3S. The molecule has 0 saturated carbocycles. The van der Waals surface area contributed by atoms with Gasteiger partial charge in [0.2, 0.25) is 0 Å². The average Bonchev–Trinajstić information content (AvgIpc) is 3.34. The lowest BCUT2D eigenvalue weighted by molar-refractivity contribution is 0.0921. The number of hydrogen-bond acceptors (Lipinski definition) is 6. The van der Waals surface area contributed by atoms with E-state index >= 15 is 0 Å². The van der Waals surface area contributed by atoms with E-state index in [2.05, 4.69) is 29.2 Å². The van der Waals surface area contributed by atoms with E-state index in [1.54, 1.807) is 16.3 Å². The second-order valence-electron chi connectivity index (χ2n) is 7.04. The van der Waals surface area contributed by atoms with E-state index < -0.39 is 0 Å². The smallest absolute Gasteiger partial charge is 0.271 e. The number of aryl methyl sites for hydroxylation is 1. The van der Waals surface area contributed by atoms with Crippen molar-refractivity contribution in [3.05, 3.63) is 47.2 Å². The predicted molar refractivity (Wildman–Crippen MR) is 107 cm³/mol. The van der Waals surface area contributed by atoms with Crippen LogP contribution >= 0.6 is 11.3 Å². The van der Waals surface area contributed by atoms with Crippen LogP contribution in [0.2, 0.25) is 0 Å². The molecule has 1 aromatic carbocycles. The van der Waals surface area contributed by atoms with Crippen LogP contribution in [0.25, 0.3) is 10.6 Å². The summed E-state index contributed by atoms with van der Waals surface area (Å²) in [5.41, 5.74) is 2.29. The van der Waals surface area contributed by atoms with Crippen molar-refractivity contribution in [2.24, 2.45) is 13.0 Å². The van der Waals surface area contributed by atoms with Gasteiger partial charge in [-0.05, 0) is 23.6 Å². The summed E-state index contributed by atoms with van der Waals surface area (Å²) in [6.45, 7) is 5.23. The number of rotatable bonds is 5. The molecule has 1 amide bonds. The largest absolute Gasteiger partial charge is 0.486 e. The van der Waals surface area contributed by atoms with Crippen LogP contribution in [0.1, 0.15) is 35.9 Å². The second kappa shape index (κ2) is 7.63. The van der Waals surface area contributed by atoms with Crippen LogP contribution in [-0.4, -0.2) is 33.9 Å². The van der Waals surface area contributed by atoms with Crippen molar-refractivity contribution in [2.75, 3.05) is 13.2 Å². The molecule has 0 radical (unpaired) electrons. The van der Waals surface area contributed by atoms with Crippen molar-refractivity contribution in [3.63, 3.8) is 0 Å². The normalized spacial score (nSPS) is 14.1. The Kier molecular flexibility index (Phi) is 5.04. The number of fused-ring (bicyclic) bond motifs is 1. The molecule has 0 bridgehead atoms. The van der Waals surface area contributed by atoms with Gasteiger partial charge in [-0.3, -0.25) is 9.48 Å². The van der Waals surface area contributed by atoms with Crippen LogP contribution < -0.4 is 14.8 Å². The number of carbonyl (C=O) groups is 1. The van der Waals surface area contributed by atoms with Crippen molar-refractivity contribution in [1.29, 1.82) is 0 Å². The Morgan fingerprint density at radius 2 is 2.04 bits per heavy atom. The van der Waals surface area contributed by atoms with Gasteiger partial charge < -0.3 is 14.8 Å². The molecule has 1 aliphatic rings. The minimum Gasteiger partial charge on any atom is -0.486 e. The lowest BCUT2D eigenvalue weighted by atomic mass is 9.95. The summed E-state index contributed by atoms with van der Waals surface area (Å²) < 4.78 is 13.0. The second-order valence-corrected chi connectivity index (χ2v) is 7.90. The number of nitrogens with one attached hydrogen (secondary N) is 1. The molecular weight excluding hydrogens is 376 g/mol. The molecule has 146 valence electrons. The monoisotopic (exact) mass is 398 g/mol. The molecule has 28 heavy (non-hydrogen) atoms. The van der Waals surface area contributed by atoms with Gasteiger partial charge in [0.05, 0.1) is 12.2 Å². The molecule has 0 unspecified atom stereocenters. The Morgan fingerprint density at radius 1 is 1.25 bits per heavy atom. The molecule has 4 rings (SSSR count). The number of nitrogens with zero attached hydrogens (tertiary/aromatic N) is 3. The maximum absolute atomic E-state index is 12.8. The molecule has 2 aromatic heterocycles. The van der Waals surface area contributed by atoms with E-state index in [0.717, 1.165) is 27.6 Å². The first-order chi connectivity index (χ1) is 13.5. The highest BCUT2D eigenvalue weighted by atomic mass is 32.1. The minimum absolute atomic E-state index is 0.160. The van der Waals surface area contributed by atoms with E-state index in [0.29, 0.717) is 18.9 Å². The van der Waals surface area contributed by atoms with Crippen LogP contribution in [0.3, 0.4) is 0 Å². The van der Waals surface area contributed by atoms with Crippen molar-refractivity contribution in [3.8, 4) is 22.1 Å². The Balaban J connectivity index is 1.53. The molecule has 1 atom stereocenters. The third-order valence-electron chi connectivity index (χ3n) is 4.57. The first kappa shape index (κ1) is 18.5. The molecule has 7 nitrogen and oxygen atoms in total. The number of amides is 1. The van der Waals surface area contributed by atoms with E-state index in [1.807, 2.05) is 31.4 Å². The van der Waals surface area contributed by atoms with E-state index in [-0.39, 0.29) is 17.9 Å². The fraction of sp³-hybridized carbons (Fsp3) is 0.350. The minimum atomic E-state index is -0.194. The highest BCUT2D eigenvalue weighted by Gasteiger charge is 2.23. The summed E-state index contributed by atoms with van der Waals surface area (Å²) in [7, 11) is 1.85. The van der Waals surface area contributed by atoms with Gasteiger partial charge >= 0.3 is 0 Å². The Bertz CT molecular complexity index is 995. The number of hydrogen-bond donors (Lipinski definition) is 1. The predicted octanol–water partition coefficient (Wildman–Crippen LogP) is 3.44. The van der Waals surface area contributed by atoms with Crippen LogP contribution in [0.4, 0.5) is 0 Å². The summed E-state index contributed by atoms with van der Waals surface area (Å²) in [6.07, 6.45) is 3.62. The SMILES string of the molecule is CC(C)[C@@H](NC(=O)c1csc(-c2cnn(C)c2)n1)c1ccc2c(c1)OCCO2. The van der Waals surface area contributed by atoms with Gasteiger partial charge in [0.25, 0.3) is 5.91 Å². The highest BCUT2D eigenvalue weighted by molar-refractivity contribution is 7.13. The van der Waals surface area contributed by atoms with Gasteiger partial charge in [-0.1, -0.05) is 19.9 Å². The topological polar surface area (TPSA) is 78.3 Å². The zero-order chi connectivity index (χ0) is 19.7. The number of carbonyl (C=O) groups excluding carboxylic acids is 1. The number of benzene rings is 1. The Hall–Kier alpha value is -2.87. The maximum Gasteiger partial charge on any atom is 0.271 e. The van der Waals surface area contributed by atoms with Gasteiger partial charge in [0, 0.05) is 24.2 Å². The first-order valence-corrected chi connectivity index (χ1v) is 10.0. The van der Waals surface area contributed by atoms with E-state index in [1.165, 1.54) is 11.3 Å². The van der Waals surface area contributed by atoms with Crippen LogP contribution in [0, 0.1) is 5.92 Å². The summed E-state index contributed by atoms with van der Waals surface area (Å²) in [4.78, 5) is 17.3. The van der Waals surface area contributed by atoms with Gasteiger partial charge in [-0.15, -0.1) is 11.3 Å². The maximum atomic E-state index is 12.8. The Morgan fingerprint density at radius 3 is 2.75 bits per heavy atom. The van der Waals surface area contributed by atoms with Gasteiger partial charge in [0.15, 0.2) is 11.5 Å². The summed E-state index contributed by atoms with van der Waals surface area (Å²) in [5, 5.41) is 9.82. The summed E-state index contributed by atoms with van der Waals surface area (Å²) >= 11 is 1.43. The van der Waals surface area contributed by atoms with Crippen LogP contribution in [-0.2, 0) is 7.05 Å². The summed E-state index contributed by atoms with van der Waals surface area (Å²) in [5.74, 6) is 1.46. The molecule has 1 N–H and O–H groups in total. The zero-order valence-electron chi connectivity index (χ0n) is 16.0. The summed E-state index contributed by atoms with van der Waals surface area (Å²) in [6, 6.07) is 5.66. The van der Waals surface area contributed by atoms with Crippen LogP contribution in [0.15, 0.2) is 36.0 Å². The molecule has 0 saturated heterocycles. The van der Waals surface area contributed by atoms with Crippen molar-refractivity contribution in [2.45, 2.75) is 19.9 Å². The quantitative estimate of drug-likeness (QED) is 0.712. The van der Waals surface area contributed by atoms with Gasteiger partial charge in [0.1, 0.15) is 23.9 Å². The Labute approximate surface area is 167 Å². The number of ether oxygens (including phenoxy) is 2. The van der Waals surface area contributed by atoms with E-state index in [4.69, 9.17) is 9.47 Å². The molecule has 0 fully saturated rings. The third kappa shape index (κ3) is 3.73. The first-order valence-electron chi connectivity index (χ1n) is 9.16. The molecule has 3 heterocycles. The standard InChI is InChI=1S/C20H22N4O3S/c1-12(2)18(13-4-5-16-17(8-13)27-7-6-26-16)23-19(25)15-11-28-20(22-15)14-9-21-24(3)10-14/h4-5,8-12,18H,6-7H2,1-3H3,(H,23,25)/t18-/m1/s1. The molecule has 0 aliphatic carbocycles. The molecule has 8 heteroatoms. The van der Waals surface area contributed by atoms with Crippen molar-refractivity contribution in [1.82, 2.24) is 20.1 Å². The third-order valence-corrected chi connectivity index (χ3v) is 5.46. The van der Waals surface area contributed by atoms with Crippen molar-refractivity contribution >= 4 is 17.2 Å². The fourth-order valence-corrected chi connectivity index (χ4v) is 3.92. The zero-order valence-corrected chi connectivity index (χ0v) is 16.8. The lowest BCUT2D eigenvalue weighted by Gasteiger charge is -2.25. The molecule has 0 spiro atoms. The van der Waals surface area contributed by atoms with E-state index in [9.17, 15) is 4.79 Å². The average molecular weight is 398 g/mol. The van der Waals surface area contributed by atoms with Gasteiger partial charge in [-0.25, -0.2) is 4.98 Å². The van der Waals surface area contributed by atoms with Crippen LogP contribution in [0.5, 0.6) is 11.5 Å². The molecule has 3 aromatic rings. The number of aromatic nitrogens is 3. The van der Waals surface area contributed by atoms with Gasteiger partial charge in [-0.2, -0.15) is 5.10 Å². The lowest BCUT2D eigenvalue weighted by Crippen LogP contribution is -2.32. The fourth-order valence-electron chi connectivity index (χ4n) is 3.15. The number of thiazole rings is 1.